The van der Waals surface area contributed by atoms with Gasteiger partial charge in [0.1, 0.15) is 0 Å². The van der Waals surface area contributed by atoms with Crippen molar-refractivity contribution in [1.29, 1.82) is 0 Å². The zero-order chi connectivity index (χ0) is 15.9. The third-order valence-electron chi connectivity index (χ3n) is 4.76. The Hall–Kier alpha value is -0.160. The van der Waals surface area contributed by atoms with E-state index in [1.54, 1.807) is 0 Å². The van der Waals surface area contributed by atoms with Gasteiger partial charge in [-0.1, -0.05) is 27.7 Å². The smallest absolute Gasteiger partial charge is 0.0903 e. The van der Waals surface area contributed by atoms with Gasteiger partial charge in [0.25, 0.3) is 0 Å². The molecule has 0 bridgehead atoms. The molecule has 0 aromatic heterocycles. The van der Waals surface area contributed by atoms with Crippen molar-refractivity contribution in [2.45, 2.75) is 52.7 Å². The van der Waals surface area contributed by atoms with Crippen LogP contribution in [0.25, 0.3) is 0 Å². The molecule has 4 heteroatoms. The Morgan fingerprint density at radius 3 is 2.00 bits per heavy atom. The zero-order valence-corrected chi connectivity index (χ0v) is 14.9. The van der Waals surface area contributed by atoms with Crippen molar-refractivity contribution >= 4 is 0 Å². The van der Waals surface area contributed by atoms with Crippen molar-refractivity contribution in [2.24, 2.45) is 23.7 Å². The molecule has 2 aliphatic heterocycles. The highest BCUT2D eigenvalue weighted by Gasteiger charge is 2.46. The Bertz CT molecular complexity index is 309. The molecule has 22 heavy (non-hydrogen) atoms. The summed E-state index contributed by atoms with van der Waals surface area (Å²) in [6, 6.07) is 0. The minimum Gasteiger partial charge on any atom is -0.375 e. The summed E-state index contributed by atoms with van der Waals surface area (Å²) in [6.07, 6.45) is 3.19. The Morgan fingerprint density at radius 1 is 0.864 bits per heavy atom. The average Bonchev–Trinajstić information content (AvgIpc) is 3.01. The summed E-state index contributed by atoms with van der Waals surface area (Å²) in [6.45, 7) is 15.0. The SMILES string of the molecule is CC(C)CCCNCC1COC2C(CNCC(C)C)COC12. The second-order valence-electron chi connectivity index (χ2n) is 7.91. The Morgan fingerprint density at radius 2 is 1.45 bits per heavy atom. The van der Waals surface area contributed by atoms with Crippen LogP contribution in [0.2, 0.25) is 0 Å². The van der Waals surface area contributed by atoms with E-state index in [9.17, 15) is 0 Å². The first kappa shape index (κ1) is 18.2. The predicted octanol–water partition coefficient (Wildman–Crippen LogP) is 2.29. The minimum atomic E-state index is 0.308. The summed E-state index contributed by atoms with van der Waals surface area (Å²) in [5.41, 5.74) is 0. The molecule has 0 aromatic rings. The Labute approximate surface area is 136 Å². The maximum absolute atomic E-state index is 6.05. The standard InChI is InChI=1S/C18H36N2O2/c1-13(2)6-5-7-19-9-15-11-21-18-16(12-22-17(15)18)10-20-8-14(3)4/h13-20H,5-12H2,1-4H3. The average molecular weight is 312 g/mol. The van der Waals surface area contributed by atoms with Crippen molar-refractivity contribution in [3.63, 3.8) is 0 Å². The van der Waals surface area contributed by atoms with Crippen molar-refractivity contribution in [3.8, 4) is 0 Å². The molecule has 0 spiro atoms. The summed E-state index contributed by atoms with van der Waals surface area (Å²) in [4.78, 5) is 0. The van der Waals surface area contributed by atoms with Gasteiger partial charge in [-0.25, -0.2) is 0 Å². The Balaban J connectivity index is 1.62. The molecule has 4 atom stereocenters. The van der Waals surface area contributed by atoms with Crippen LogP contribution in [0.1, 0.15) is 40.5 Å². The van der Waals surface area contributed by atoms with Crippen molar-refractivity contribution in [3.05, 3.63) is 0 Å². The van der Waals surface area contributed by atoms with Gasteiger partial charge in [-0.3, -0.25) is 0 Å². The highest BCUT2D eigenvalue weighted by molar-refractivity contribution is 4.95. The van der Waals surface area contributed by atoms with Crippen LogP contribution in [-0.2, 0) is 9.47 Å². The van der Waals surface area contributed by atoms with Crippen LogP contribution in [0.4, 0.5) is 0 Å². The molecule has 0 aliphatic carbocycles. The zero-order valence-electron chi connectivity index (χ0n) is 14.9. The monoisotopic (exact) mass is 312 g/mol. The van der Waals surface area contributed by atoms with E-state index in [1.165, 1.54) is 12.8 Å². The van der Waals surface area contributed by atoms with Gasteiger partial charge in [0.15, 0.2) is 0 Å². The molecule has 4 nitrogen and oxygen atoms in total. The number of fused-ring (bicyclic) bond motifs is 1. The highest BCUT2D eigenvalue weighted by atomic mass is 16.6. The van der Waals surface area contributed by atoms with E-state index in [1.807, 2.05) is 0 Å². The second-order valence-corrected chi connectivity index (χ2v) is 7.91. The van der Waals surface area contributed by atoms with Crippen LogP contribution in [0.15, 0.2) is 0 Å². The van der Waals surface area contributed by atoms with Gasteiger partial charge in [-0.05, 0) is 37.8 Å². The summed E-state index contributed by atoms with van der Waals surface area (Å²) >= 11 is 0. The molecule has 2 N–H and O–H groups in total. The largest absolute Gasteiger partial charge is 0.375 e. The molecule has 2 saturated heterocycles. The van der Waals surface area contributed by atoms with E-state index in [0.717, 1.165) is 45.3 Å². The van der Waals surface area contributed by atoms with Crippen LogP contribution in [0.5, 0.6) is 0 Å². The molecule has 0 aromatic carbocycles. The summed E-state index contributed by atoms with van der Waals surface area (Å²) < 4.78 is 12.1. The number of rotatable bonds is 10. The number of ether oxygens (including phenoxy) is 2. The lowest BCUT2D eigenvalue weighted by molar-refractivity contribution is 0.0603. The van der Waals surface area contributed by atoms with Crippen molar-refractivity contribution < 1.29 is 9.47 Å². The fourth-order valence-electron chi connectivity index (χ4n) is 3.49. The molecule has 2 aliphatic rings. The van der Waals surface area contributed by atoms with E-state index in [0.29, 0.717) is 30.0 Å². The molecule has 2 rings (SSSR count). The first-order valence-corrected chi connectivity index (χ1v) is 9.22. The van der Waals surface area contributed by atoms with Crippen LogP contribution < -0.4 is 10.6 Å². The van der Waals surface area contributed by atoms with E-state index in [-0.39, 0.29) is 0 Å². The molecule has 0 saturated carbocycles. The lowest BCUT2D eigenvalue weighted by Gasteiger charge is -2.18. The molecule has 0 amide bonds. The van der Waals surface area contributed by atoms with Crippen LogP contribution >= 0.6 is 0 Å². The topological polar surface area (TPSA) is 42.5 Å². The predicted molar refractivity (Wildman–Crippen MR) is 91.1 cm³/mol. The molecule has 0 radical (unpaired) electrons. The minimum absolute atomic E-state index is 0.308. The van der Waals surface area contributed by atoms with E-state index in [4.69, 9.17) is 9.47 Å². The fourth-order valence-corrected chi connectivity index (χ4v) is 3.49. The molecule has 2 heterocycles. The van der Waals surface area contributed by atoms with Gasteiger partial charge in [-0.2, -0.15) is 0 Å². The van der Waals surface area contributed by atoms with Gasteiger partial charge in [0.05, 0.1) is 25.4 Å². The number of hydrogen-bond acceptors (Lipinski definition) is 4. The molecular weight excluding hydrogens is 276 g/mol. The number of nitrogens with one attached hydrogen (secondary N) is 2. The first-order chi connectivity index (χ1) is 10.6. The summed E-state index contributed by atoms with van der Waals surface area (Å²) in [7, 11) is 0. The van der Waals surface area contributed by atoms with Gasteiger partial charge < -0.3 is 20.1 Å². The van der Waals surface area contributed by atoms with E-state index >= 15 is 0 Å². The van der Waals surface area contributed by atoms with Gasteiger partial charge >= 0.3 is 0 Å². The first-order valence-electron chi connectivity index (χ1n) is 9.22. The maximum atomic E-state index is 6.05. The molecular formula is C18H36N2O2. The van der Waals surface area contributed by atoms with Crippen molar-refractivity contribution in [1.82, 2.24) is 10.6 Å². The third-order valence-corrected chi connectivity index (χ3v) is 4.76. The maximum Gasteiger partial charge on any atom is 0.0903 e. The van der Waals surface area contributed by atoms with Gasteiger partial charge in [-0.15, -0.1) is 0 Å². The molecule has 4 unspecified atom stereocenters. The lowest BCUT2D eigenvalue weighted by Crippen LogP contribution is -2.36. The normalized spacial score (nSPS) is 31.4. The van der Waals surface area contributed by atoms with Crippen LogP contribution in [0.3, 0.4) is 0 Å². The third kappa shape index (κ3) is 5.48. The second kappa shape index (κ2) is 9.21. The summed E-state index contributed by atoms with van der Waals surface area (Å²) in [5, 5.41) is 7.14. The number of hydrogen-bond donors (Lipinski definition) is 2. The van der Waals surface area contributed by atoms with E-state index in [2.05, 4.69) is 38.3 Å². The van der Waals surface area contributed by atoms with Gasteiger partial charge in [0.2, 0.25) is 0 Å². The molecule has 130 valence electrons. The van der Waals surface area contributed by atoms with Crippen LogP contribution in [0, 0.1) is 23.7 Å². The molecule has 2 fully saturated rings. The van der Waals surface area contributed by atoms with E-state index < -0.39 is 0 Å². The quantitative estimate of drug-likeness (QED) is 0.607. The highest BCUT2D eigenvalue weighted by Crippen LogP contribution is 2.34. The summed E-state index contributed by atoms with van der Waals surface area (Å²) in [5.74, 6) is 2.55. The fraction of sp³-hybridized carbons (Fsp3) is 1.00. The lowest BCUT2D eigenvalue weighted by atomic mass is 9.96. The Kier molecular flexibility index (Phi) is 7.61. The van der Waals surface area contributed by atoms with Crippen LogP contribution in [-0.4, -0.2) is 51.6 Å². The van der Waals surface area contributed by atoms with Crippen molar-refractivity contribution in [2.75, 3.05) is 39.4 Å². The van der Waals surface area contributed by atoms with Gasteiger partial charge in [0, 0.05) is 24.9 Å².